The van der Waals surface area contributed by atoms with E-state index in [1.807, 2.05) is 0 Å². The fourth-order valence-corrected chi connectivity index (χ4v) is 0.719. The van der Waals surface area contributed by atoms with Gasteiger partial charge in [-0.3, -0.25) is 0 Å². The van der Waals surface area contributed by atoms with Gasteiger partial charge in [-0.05, 0) is 6.92 Å². The average molecular weight is 396 g/mol. The first kappa shape index (κ1) is 32.1. The number of carbonyl (C=O) groups is 3. The summed E-state index contributed by atoms with van der Waals surface area (Å²) in [5.74, 6) is -2.94. The SMILES string of the molecule is C=CC(=O)O.C=CC(=O)O.C=CC(=O)O.CCOC(O)C(CO)(CO)CO. The van der Waals surface area contributed by atoms with E-state index in [2.05, 4.69) is 19.7 Å². The van der Waals surface area contributed by atoms with Crippen molar-refractivity contribution in [3.05, 3.63) is 38.0 Å². The first-order chi connectivity index (χ1) is 12.5. The Labute approximate surface area is 156 Å². The Morgan fingerprint density at radius 1 is 0.852 bits per heavy atom. The molecule has 1 unspecified atom stereocenters. The molecule has 158 valence electrons. The first-order valence-corrected chi connectivity index (χ1v) is 7.16. The third-order valence-electron chi connectivity index (χ3n) is 2.32. The number of ether oxygens (including phenoxy) is 1. The molecule has 7 N–H and O–H groups in total. The molecule has 0 heterocycles. The minimum absolute atomic E-state index is 0.253. The number of hydrogen-bond donors (Lipinski definition) is 7. The number of aliphatic carboxylic acids is 3. The van der Waals surface area contributed by atoms with Crippen LogP contribution in [0.2, 0.25) is 0 Å². The summed E-state index contributed by atoms with van der Waals surface area (Å²) in [4.78, 5) is 27.8. The van der Waals surface area contributed by atoms with Crippen molar-refractivity contribution >= 4 is 17.9 Å². The Hall–Kier alpha value is -2.57. The predicted octanol–water partition coefficient (Wildman–Crippen LogP) is -0.924. The zero-order chi connectivity index (χ0) is 22.5. The smallest absolute Gasteiger partial charge is 0.327 e. The number of aliphatic hydroxyl groups excluding tert-OH is 4. The topological polar surface area (TPSA) is 202 Å². The van der Waals surface area contributed by atoms with Crippen LogP contribution in [0.4, 0.5) is 0 Å². The Bertz CT molecular complexity index is 391. The molecule has 0 amide bonds. The van der Waals surface area contributed by atoms with Gasteiger partial charge in [0.2, 0.25) is 0 Å². The monoisotopic (exact) mass is 396 g/mol. The Morgan fingerprint density at radius 3 is 1.19 bits per heavy atom. The van der Waals surface area contributed by atoms with Gasteiger partial charge < -0.3 is 40.5 Å². The van der Waals surface area contributed by atoms with Crippen LogP contribution in [0, 0.1) is 5.41 Å². The van der Waals surface area contributed by atoms with E-state index in [1.54, 1.807) is 6.92 Å². The minimum Gasteiger partial charge on any atom is -0.478 e. The van der Waals surface area contributed by atoms with Crippen LogP contribution < -0.4 is 0 Å². The molecule has 0 rings (SSSR count). The van der Waals surface area contributed by atoms with Crippen LogP contribution in [0.5, 0.6) is 0 Å². The summed E-state index contributed by atoms with van der Waals surface area (Å²) in [5, 5.41) is 58.5. The summed E-state index contributed by atoms with van der Waals surface area (Å²) in [5.41, 5.74) is -1.37. The van der Waals surface area contributed by atoms with Crippen molar-refractivity contribution in [2.75, 3.05) is 26.4 Å². The van der Waals surface area contributed by atoms with Gasteiger partial charge in [0, 0.05) is 24.8 Å². The van der Waals surface area contributed by atoms with E-state index in [0.717, 1.165) is 18.2 Å². The molecular formula is C16H28O11. The number of carboxylic acid groups (broad SMARTS) is 3. The predicted molar refractivity (Wildman–Crippen MR) is 94.8 cm³/mol. The lowest BCUT2D eigenvalue weighted by Gasteiger charge is -2.31. The molecule has 0 aliphatic heterocycles. The Morgan fingerprint density at radius 2 is 1.07 bits per heavy atom. The molecule has 1 atom stereocenters. The van der Waals surface area contributed by atoms with Crippen molar-refractivity contribution in [1.82, 2.24) is 0 Å². The van der Waals surface area contributed by atoms with Crippen LogP contribution in [-0.2, 0) is 19.1 Å². The van der Waals surface area contributed by atoms with E-state index >= 15 is 0 Å². The van der Waals surface area contributed by atoms with Gasteiger partial charge in [-0.15, -0.1) is 0 Å². The van der Waals surface area contributed by atoms with Crippen LogP contribution in [0.15, 0.2) is 38.0 Å². The third kappa shape index (κ3) is 23.4. The number of hydrogen-bond acceptors (Lipinski definition) is 8. The van der Waals surface area contributed by atoms with E-state index in [-0.39, 0.29) is 6.61 Å². The summed E-state index contributed by atoms with van der Waals surface area (Å²) < 4.78 is 4.76. The largest absolute Gasteiger partial charge is 0.478 e. The van der Waals surface area contributed by atoms with Gasteiger partial charge in [0.05, 0.1) is 25.2 Å². The average Bonchev–Trinajstić information content (AvgIpc) is 2.65. The molecule has 11 nitrogen and oxygen atoms in total. The quantitative estimate of drug-likeness (QED) is 0.187. The first-order valence-electron chi connectivity index (χ1n) is 7.16. The highest BCUT2D eigenvalue weighted by Crippen LogP contribution is 2.20. The molecule has 11 heteroatoms. The molecule has 0 radical (unpaired) electrons. The zero-order valence-electron chi connectivity index (χ0n) is 15.0. The van der Waals surface area contributed by atoms with Gasteiger partial charge in [-0.2, -0.15) is 0 Å². The fraction of sp³-hybridized carbons (Fsp3) is 0.438. The second kappa shape index (κ2) is 21.5. The summed E-state index contributed by atoms with van der Waals surface area (Å²) in [6.07, 6.45) is 1.16. The molecule has 27 heavy (non-hydrogen) atoms. The Kier molecular flexibility index (Phi) is 25.6. The molecule has 0 spiro atoms. The molecule has 0 saturated heterocycles. The van der Waals surface area contributed by atoms with E-state index in [1.165, 1.54) is 0 Å². The van der Waals surface area contributed by atoms with Crippen molar-refractivity contribution in [3.8, 4) is 0 Å². The molecule has 0 aromatic heterocycles. The lowest BCUT2D eigenvalue weighted by molar-refractivity contribution is -0.209. The van der Waals surface area contributed by atoms with Crippen LogP contribution in [-0.4, -0.2) is 86.4 Å². The van der Waals surface area contributed by atoms with Crippen molar-refractivity contribution in [2.24, 2.45) is 5.41 Å². The summed E-state index contributed by atoms with van der Waals surface area (Å²) in [6.45, 7) is 9.22. The second-order valence-corrected chi connectivity index (χ2v) is 4.27. The van der Waals surface area contributed by atoms with Crippen molar-refractivity contribution in [2.45, 2.75) is 13.2 Å². The highest BCUT2D eigenvalue weighted by Gasteiger charge is 2.37. The van der Waals surface area contributed by atoms with Crippen LogP contribution in [0.3, 0.4) is 0 Å². The van der Waals surface area contributed by atoms with E-state index in [4.69, 9.17) is 35.4 Å². The van der Waals surface area contributed by atoms with E-state index in [0.29, 0.717) is 0 Å². The highest BCUT2D eigenvalue weighted by atomic mass is 16.6. The fourth-order valence-electron chi connectivity index (χ4n) is 0.719. The maximum Gasteiger partial charge on any atom is 0.327 e. The van der Waals surface area contributed by atoms with Crippen LogP contribution in [0.1, 0.15) is 6.92 Å². The summed E-state index contributed by atoms with van der Waals surface area (Å²) in [6, 6.07) is 0. The molecule has 0 aromatic rings. The standard InChI is InChI=1S/C7H16O5.3C3H4O2/c1-2-12-6(11)7(3-8,4-9)5-10;3*1-2-3(4)5/h6,8-11H,2-5H2,1H3;3*2H,1H2,(H,4,5). The van der Waals surface area contributed by atoms with Crippen molar-refractivity contribution < 1.29 is 54.9 Å². The molecule has 0 fully saturated rings. The van der Waals surface area contributed by atoms with E-state index in [9.17, 15) is 19.5 Å². The second-order valence-electron chi connectivity index (χ2n) is 4.27. The lowest BCUT2D eigenvalue weighted by atomic mass is 9.90. The van der Waals surface area contributed by atoms with E-state index < -0.39 is 49.4 Å². The molecule has 0 bridgehead atoms. The summed E-state index contributed by atoms with van der Waals surface area (Å²) >= 11 is 0. The van der Waals surface area contributed by atoms with Gasteiger partial charge in [-0.1, -0.05) is 19.7 Å². The van der Waals surface area contributed by atoms with Gasteiger partial charge in [0.1, 0.15) is 0 Å². The minimum atomic E-state index is -1.37. The third-order valence-corrected chi connectivity index (χ3v) is 2.32. The molecule has 0 aliphatic rings. The zero-order valence-corrected chi connectivity index (χ0v) is 15.0. The Balaban J connectivity index is -0.000000147. The number of carboxylic acids is 3. The molecule has 0 aliphatic carbocycles. The molecular weight excluding hydrogens is 368 g/mol. The van der Waals surface area contributed by atoms with Gasteiger partial charge in [0.25, 0.3) is 0 Å². The number of rotatable bonds is 9. The van der Waals surface area contributed by atoms with Crippen LogP contribution in [0.25, 0.3) is 0 Å². The maximum absolute atomic E-state index is 9.26. The van der Waals surface area contributed by atoms with Crippen molar-refractivity contribution in [1.29, 1.82) is 0 Å². The van der Waals surface area contributed by atoms with Crippen LogP contribution >= 0.6 is 0 Å². The normalized spacial score (nSPS) is 10.1. The molecule has 0 aromatic carbocycles. The highest BCUT2D eigenvalue weighted by molar-refractivity contribution is 5.79. The lowest BCUT2D eigenvalue weighted by Crippen LogP contribution is -2.46. The van der Waals surface area contributed by atoms with Gasteiger partial charge >= 0.3 is 17.9 Å². The number of aliphatic hydroxyl groups is 4. The van der Waals surface area contributed by atoms with Gasteiger partial charge in [-0.25, -0.2) is 14.4 Å². The summed E-state index contributed by atoms with van der Waals surface area (Å²) in [7, 11) is 0. The molecule has 0 saturated carbocycles. The van der Waals surface area contributed by atoms with Gasteiger partial charge in [0.15, 0.2) is 6.29 Å². The van der Waals surface area contributed by atoms with Crippen molar-refractivity contribution in [3.63, 3.8) is 0 Å². The maximum atomic E-state index is 9.26.